The molecule has 8 heteroatoms. The number of rotatable bonds is 3. The molecule has 130 valence electrons. The summed E-state index contributed by atoms with van der Waals surface area (Å²) in [6.45, 7) is 16.6. The second kappa shape index (κ2) is 6.81. The van der Waals surface area contributed by atoms with E-state index in [0.29, 0.717) is 18.9 Å². The van der Waals surface area contributed by atoms with Gasteiger partial charge in [0.2, 0.25) is 0 Å². The summed E-state index contributed by atoms with van der Waals surface area (Å²) in [6, 6.07) is 0. The number of amides is 1. The van der Waals surface area contributed by atoms with Crippen LogP contribution in [-0.4, -0.2) is 41.3 Å². The lowest BCUT2D eigenvalue weighted by Crippen LogP contribution is -2.40. The van der Waals surface area contributed by atoms with Crippen LogP contribution in [0.5, 0.6) is 0 Å². The first kappa shape index (κ1) is 18.3. The molecule has 1 unspecified atom stereocenters. The first-order valence-corrected chi connectivity index (χ1v) is 8.11. The van der Waals surface area contributed by atoms with Crippen molar-refractivity contribution < 1.29 is 9.53 Å². The van der Waals surface area contributed by atoms with Gasteiger partial charge in [0.25, 0.3) is 0 Å². The zero-order valence-corrected chi connectivity index (χ0v) is 15.1. The summed E-state index contributed by atoms with van der Waals surface area (Å²) in [6.07, 6.45) is 2.05. The van der Waals surface area contributed by atoms with Gasteiger partial charge in [-0.2, -0.15) is 0 Å². The third kappa shape index (κ3) is 4.71. The van der Waals surface area contributed by atoms with Crippen LogP contribution in [0, 0.1) is 12.0 Å². The number of anilines is 1. The molecule has 0 aliphatic carbocycles. The Balaban J connectivity index is 1.95. The normalized spacial score (nSPS) is 20.6. The number of halogens is 1. The van der Waals surface area contributed by atoms with Gasteiger partial charge in [-0.05, 0) is 27.2 Å². The van der Waals surface area contributed by atoms with Crippen LogP contribution < -0.4 is 10.2 Å². The summed E-state index contributed by atoms with van der Waals surface area (Å²) in [7, 11) is 0. The van der Waals surface area contributed by atoms with E-state index in [4.69, 9.17) is 22.9 Å². The van der Waals surface area contributed by atoms with Gasteiger partial charge in [0.15, 0.2) is 17.2 Å². The Kier molecular flexibility index (Phi) is 5.19. The first-order valence-electron chi connectivity index (χ1n) is 7.74. The smallest absolute Gasteiger partial charge is 0.407 e. The van der Waals surface area contributed by atoms with Gasteiger partial charge in [-0.25, -0.2) is 9.78 Å². The van der Waals surface area contributed by atoms with Crippen molar-refractivity contribution in [3.63, 3.8) is 0 Å². The van der Waals surface area contributed by atoms with Gasteiger partial charge in [0.1, 0.15) is 5.60 Å². The maximum absolute atomic E-state index is 11.8. The Hall–Kier alpha value is -2.07. The van der Waals surface area contributed by atoms with Crippen LogP contribution in [0.4, 0.5) is 16.4 Å². The predicted molar refractivity (Wildman–Crippen MR) is 92.5 cm³/mol. The largest absolute Gasteiger partial charge is 0.444 e. The minimum absolute atomic E-state index is 0.0937. The highest BCUT2D eigenvalue weighted by Crippen LogP contribution is 2.33. The fourth-order valence-electron chi connectivity index (χ4n) is 2.54. The Morgan fingerprint density at radius 3 is 2.88 bits per heavy atom. The van der Waals surface area contributed by atoms with Crippen molar-refractivity contribution >= 4 is 29.3 Å². The third-order valence-corrected chi connectivity index (χ3v) is 4.00. The average Bonchev–Trinajstić information content (AvgIpc) is 2.86. The van der Waals surface area contributed by atoms with Gasteiger partial charge in [-0.1, -0.05) is 25.1 Å². The summed E-state index contributed by atoms with van der Waals surface area (Å²) in [5.41, 5.74) is -0.604. The molecule has 1 atom stereocenters. The molecule has 1 saturated heterocycles. The molecule has 1 aliphatic heterocycles. The van der Waals surface area contributed by atoms with E-state index in [1.165, 1.54) is 0 Å². The van der Waals surface area contributed by atoms with E-state index in [1.54, 1.807) is 6.20 Å². The maximum atomic E-state index is 11.8. The number of alkyl carbamates (subject to hydrolysis) is 1. The molecular formula is C16H22ClN5O2. The molecular weight excluding hydrogens is 330 g/mol. The standard InChI is InChI=1S/C16H22ClN5O2/c1-15(2,3)24-14(23)20-9-16(4)6-7-22(10-16)11-8-19-13(18-5)12(17)21-11/h8H,6-7,9-10H2,1-4H3,(H,20,23). The van der Waals surface area contributed by atoms with E-state index < -0.39 is 11.7 Å². The van der Waals surface area contributed by atoms with Gasteiger partial charge in [-0.3, -0.25) is 0 Å². The Morgan fingerprint density at radius 2 is 2.29 bits per heavy atom. The Labute approximate surface area is 147 Å². The minimum Gasteiger partial charge on any atom is -0.444 e. The van der Waals surface area contributed by atoms with Crippen LogP contribution >= 0.6 is 11.6 Å². The molecule has 2 rings (SSSR count). The van der Waals surface area contributed by atoms with E-state index >= 15 is 0 Å². The molecule has 24 heavy (non-hydrogen) atoms. The fourth-order valence-corrected chi connectivity index (χ4v) is 2.72. The Bertz CT molecular complexity index is 667. The number of nitrogens with zero attached hydrogens (tertiary/aromatic N) is 4. The van der Waals surface area contributed by atoms with Crippen molar-refractivity contribution in [1.29, 1.82) is 0 Å². The molecule has 1 N–H and O–H groups in total. The number of ether oxygens (including phenoxy) is 1. The highest BCUT2D eigenvalue weighted by Gasteiger charge is 2.35. The maximum Gasteiger partial charge on any atom is 0.407 e. The van der Waals surface area contributed by atoms with Crippen LogP contribution in [-0.2, 0) is 4.74 Å². The summed E-state index contributed by atoms with van der Waals surface area (Å²) in [4.78, 5) is 25.3. The van der Waals surface area contributed by atoms with E-state index in [1.807, 2.05) is 20.8 Å². The summed E-state index contributed by atoms with van der Waals surface area (Å²) < 4.78 is 5.26. The fraction of sp³-hybridized carbons (Fsp3) is 0.625. The van der Waals surface area contributed by atoms with Crippen molar-refractivity contribution in [3.8, 4) is 0 Å². The first-order chi connectivity index (χ1) is 11.1. The zero-order valence-electron chi connectivity index (χ0n) is 14.4. The zero-order chi connectivity index (χ0) is 18.0. The molecule has 0 bridgehead atoms. The van der Waals surface area contributed by atoms with Crippen LogP contribution in [0.1, 0.15) is 34.1 Å². The van der Waals surface area contributed by atoms with Crippen molar-refractivity contribution in [3.05, 3.63) is 22.8 Å². The van der Waals surface area contributed by atoms with Gasteiger partial charge in [0, 0.05) is 25.0 Å². The van der Waals surface area contributed by atoms with Crippen molar-refractivity contribution in [2.24, 2.45) is 5.41 Å². The molecule has 1 fully saturated rings. The number of hydrogen-bond donors (Lipinski definition) is 1. The third-order valence-electron chi connectivity index (χ3n) is 3.75. The van der Waals surface area contributed by atoms with Gasteiger partial charge in [-0.15, -0.1) is 4.98 Å². The van der Waals surface area contributed by atoms with Gasteiger partial charge >= 0.3 is 11.9 Å². The predicted octanol–water partition coefficient (Wildman–Crippen LogP) is 3.42. The monoisotopic (exact) mass is 351 g/mol. The molecule has 7 nitrogen and oxygen atoms in total. The van der Waals surface area contributed by atoms with Gasteiger partial charge < -0.3 is 19.8 Å². The minimum atomic E-state index is -0.510. The van der Waals surface area contributed by atoms with Crippen LogP contribution in [0.3, 0.4) is 0 Å². The topological polar surface area (TPSA) is 71.7 Å². The molecule has 2 heterocycles. The molecule has 0 aromatic carbocycles. The lowest BCUT2D eigenvalue weighted by molar-refractivity contribution is 0.0507. The number of nitrogens with one attached hydrogen (secondary N) is 1. The van der Waals surface area contributed by atoms with Crippen molar-refractivity contribution in [2.75, 3.05) is 24.5 Å². The van der Waals surface area contributed by atoms with Crippen LogP contribution in [0.15, 0.2) is 6.20 Å². The summed E-state index contributed by atoms with van der Waals surface area (Å²) >= 11 is 5.96. The van der Waals surface area contributed by atoms with E-state index in [2.05, 4.69) is 32.0 Å². The summed E-state index contributed by atoms with van der Waals surface area (Å²) in [5, 5.41) is 2.95. The van der Waals surface area contributed by atoms with Gasteiger partial charge in [0.05, 0.1) is 0 Å². The van der Waals surface area contributed by atoms with Crippen molar-refractivity contribution in [1.82, 2.24) is 15.3 Å². The van der Waals surface area contributed by atoms with Crippen LogP contribution in [0.25, 0.3) is 4.85 Å². The second-order valence-electron chi connectivity index (χ2n) is 7.29. The molecule has 0 spiro atoms. The lowest BCUT2D eigenvalue weighted by atomic mass is 9.90. The molecule has 1 aliphatic rings. The number of aromatic nitrogens is 2. The molecule has 1 amide bonds. The number of hydrogen-bond acceptors (Lipinski definition) is 5. The van der Waals surface area contributed by atoms with E-state index in [9.17, 15) is 4.79 Å². The quantitative estimate of drug-likeness (QED) is 0.845. The highest BCUT2D eigenvalue weighted by molar-refractivity contribution is 6.31. The number of carbonyl (C=O) groups excluding carboxylic acids is 1. The molecule has 0 saturated carbocycles. The second-order valence-corrected chi connectivity index (χ2v) is 7.65. The lowest BCUT2D eigenvalue weighted by Gasteiger charge is -2.26. The number of carbonyl (C=O) groups is 1. The van der Waals surface area contributed by atoms with E-state index in [-0.39, 0.29) is 16.4 Å². The Morgan fingerprint density at radius 1 is 1.58 bits per heavy atom. The van der Waals surface area contributed by atoms with Crippen molar-refractivity contribution in [2.45, 2.75) is 39.7 Å². The van der Waals surface area contributed by atoms with E-state index in [0.717, 1.165) is 13.0 Å². The average molecular weight is 352 g/mol. The molecule has 0 radical (unpaired) electrons. The summed E-state index contributed by atoms with van der Waals surface area (Å²) in [5.74, 6) is 0.752. The highest BCUT2D eigenvalue weighted by atomic mass is 35.5. The molecule has 1 aromatic rings. The van der Waals surface area contributed by atoms with Crippen LogP contribution in [0.2, 0.25) is 5.15 Å². The molecule has 1 aromatic heterocycles. The SMILES string of the molecule is [C-]#[N+]c1ncc(N2CCC(C)(CNC(=O)OC(C)(C)C)C2)nc1Cl.